The molecule has 0 bridgehead atoms. The van der Waals surface area contributed by atoms with Gasteiger partial charge >= 0.3 is 0 Å². The van der Waals surface area contributed by atoms with Gasteiger partial charge in [-0.2, -0.15) is 4.99 Å². The molecule has 1 aromatic rings. The van der Waals surface area contributed by atoms with E-state index in [0.717, 1.165) is 11.4 Å². The fourth-order valence-electron chi connectivity index (χ4n) is 1.45. The number of benzene rings is 1. The van der Waals surface area contributed by atoms with Crippen LogP contribution in [-0.4, -0.2) is 17.7 Å². The van der Waals surface area contributed by atoms with E-state index in [9.17, 15) is 0 Å². The van der Waals surface area contributed by atoms with E-state index in [1.54, 1.807) is 0 Å². The molecule has 0 aliphatic rings. The molecule has 6 N–H and O–H groups in total. The molecule has 7 heteroatoms. The normalized spacial score (nSPS) is 10.8. The molecular weight excluding hydrogens is 294 g/mol. The van der Waals surface area contributed by atoms with Crippen molar-refractivity contribution in [1.29, 1.82) is 0 Å². The monoisotopic (exact) mass is 315 g/mol. The highest BCUT2D eigenvalue weighted by Gasteiger charge is 1.96. The summed E-state index contributed by atoms with van der Waals surface area (Å²) >= 11 is 1.85. The molecule has 20 heavy (non-hydrogen) atoms. The van der Waals surface area contributed by atoms with E-state index in [4.69, 9.17) is 17.2 Å². The summed E-state index contributed by atoms with van der Waals surface area (Å²) < 4.78 is 0. The molecule has 0 aromatic heterocycles. The number of hydrogen-bond donors (Lipinski definition) is 3. The summed E-state index contributed by atoms with van der Waals surface area (Å²) in [7, 11) is 0. The van der Waals surface area contributed by atoms with Crippen LogP contribution in [0.3, 0.4) is 0 Å². The van der Waals surface area contributed by atoms with Crippen molar-refractivity contribution in [3.8, 4) is 0 Å². The molecular formula is C13H22ClN5S. The van der Waals surface area contributed by atoms with Gasteiger partial charge in [0.15, 0.2) is 5.96 Å². The average molecular weight is 316 g/mol. The van der Waals surface area contributed by atoms with Gasteiger partial charge in [-0.05, 0) is 36.4 Å². The zero-order valence-corrected chi connectivity index (χ0v) is 13.2. The van der Waals surface area contributed by atoms with Crippen LogP contribution < -0.4 is 17.2 Å². The molecule has 0 heterocycles. The number of unbranched alkanes of at least 4 members (excludes halogenated alkanes) is 2. The Morgan fingerprint density at radius 3 is 2.30 bits per heavy atom. The first-order chi connectivity index (χ1) is 9.11. The van der Waals surface area contributed by atoms with Crippen molar-refractivity contribution in [3.63, 3.8) is 0 Å². The Balaban J connectivity index is 0.00000361. The van der Waals surface area contributed by atoms with Gasteiger partial charge in [0.05, 0.1) is 5.69 Å². The minimum atomic E-state index is -0.0932. The van der Waals surface area contributed by atoms with Crippen molar-refractivity contribution >= 4 is 41.8 Å². The number of halogens is 1. The molecule has 0 amide bonds. The fourth-order valence-corrected chi connectivity index (χ4v) is 2.36. The van der Waals surface area contributed by atoms with Crippen LogP contribution >= 0.6 is 24.2 Å². The van der Waals surface area contributed by atoms with E-state index in [0.29, 0.717) is 0 Å². The Labute approximate surface area is 130 Å². The molecule has 0 spiro atoms. The Morgan fingerprint density at radius 1 is 1.10 bits per heavy atom. The van der Waals surface area contributed by atoms with Crippen molar-refractivity contribution in [2.45, 2.75) is 31.1 Å². The molecule has 112 valence electrons. The molecule has 1 rings (SSSR count). The molecule has 0 saturated heterocycles. The maximum atomic E-state index is 5.56. The smallest absolute Gasteiger partial charge is 0.223 e. The second-order valence-corrected chi connectivity index (χ2v) is 5.22. The van der Waals surface area contributed by atoms with Gasteiger partial charge in [0.2, 0.25) is 5.96 Å². The molecule has 0 unspecified atom stereocenters. The van der Waals surface area contributed by atoms with Crippen molar-refractivity contribution in [3.05, 3.63) is 24.3 Å². The van der Waals surface area contributed by atoms with Crippen LogP contribution in [0.5, 0.6) is 0 Å². The van der Waals surface area contributed by atoms with Crippen molar-refractivity contribution in [1.82, 2.24) is 0 Å². The van der Waals surface area contributed by atoms with Crippen LogP contribution in [0.1, 0.15) is 26.2 Å². The van der Waals surface area contributed by atoms with E-state index in [-0.39, 0.29) is 24.3 Å². The van der Waals surface area contributed by atoms with Gasteiger partial charge in [0.25, 0.3) is 0 Å². The first kappa shape index (κ1) is 18.6. The van der Waals surface area contributed by atoms with Gasteiger partial charge in [-0.25, -0.2) is 4.99 Å². The number of guanidine groups is 2. The predicted molar refractivity (Wildman–Crippen MR) is 91.0 cm³/mol. The second-order valence-electron chi connectivity index (χ2n) is 4.06. The van der Waals surface area contributed by atoms with Gasteiger partial charge in [0.1, 0.15) is 0 Å². The number of thioether (sulfide) groups is 1. The summed E-state index contributed by atoms with van der Waals surface area (Å²) in [6, 6.07) is 7.85. The Bertz CT molecular complexity index is 441. The Hall–Kier alpha value is -1.40. The minimum Gasteiger partial charge on any atom is -0.370 e. The summed E-state index contributed by atoms with van der Waals surface area (Å²) in [4.78, 5) is 8.98. The van der Waals surface area contributed by atoms with E-state index in [2.05, 4.69) is 16.9 Å². The zero-order chi connectivity index (χ0) is 14.1. The molecule has 0 fully saturated rings. The number of hydrogen-bond acceptors (Lipinski definition) is 2. The molecule has 1 aromatic carbocycles. The highest BCUT2D eigenvalue weighted by Crippen LogP contribution is 2.22. The SMILES string of the molecule is CCCCCSc1ccc(N=C(N)N=C(N)N)cc1.Cl. The predicted octanol–water partition coefficient (Wildman–Crippen LogP) is 2.61. The third-order valence-electron chi connectivity index (χ3n) is 2.34. The van der Waals surface area contributed by atoms with E-state index in [1.165, 1.54) is 24.2 Å². The summed E-state index contributed by atoms with van der Waals surface area (Å²) in [5.74, 6) is 1.11. The first-order valence-corrected chi connectivity index (χ1v) is 7.27. The largest absolute Gasteiger partial charge is 0.370 e. The lowest BCUT2D eigenvalue weighted by atomic mass is 10.3. The number of nitrogens with zero attached hydrogens (tertiary/aromatic N) is 2. The Kier molecular flexibility index (Phi) is 9.67. The van der Waals surface area contributed by atoms with Gasteiger partial charge in [-0.15, -0.1) is 24.2 Å². The van der Waals surface area contributed by atoms with E-state index >= 15 is 0 Å². The van der Waals surface area contributed by atoms with Crippen molar-refractivity contribution in [2.24, 2.45) is 27.2 Å². The quantitative estimate of drug-likeness (QED) is 0.325. The van der Waals surface area contributed by atoms with Gasteiger partial charge in [-0.3, -0.25) is 0 Å². The summed E-state index contributed by atoms with van der Waals surface area (Å²) in [6.45, 7) is 2.21. The van der Waals surface area contributed by atoms with E-state index < -0.39 is 0 Å². The number of nitrogens with two attached hydrogens (primary N) is 3. The summed E-state index contributed by atoms with van der Waals surface area (Å²) in [5.41, 5.74) is 16.7. The van der Waals surface area contributed by atoms with Crippen LogP contribution in [0, 0.1) is 0 Å². The molecule has 5 nitrogen and oxygen atoms in total. The van der Waals surface area contributed by atoms with E-state index in [1.807, 2.05) is 36.0 Å². The zero-order valence-electron chi connectivity index (χ0n) is 11.6. The fraction of sp³-hybridized carbons (Fsp3) is 0.385. The topological polar surface area (TPSA) is 103 Å². The lowest BCUT2D eigenvalue weighted by Crippen LogP contribution is -2.26. The summed E-state index contributed by atoms with van der Waals surface area (Å²) in [5, 5.41) is 0. The highest BCUT2D eigenvalue weighted by molar-refractivity contribution is 7.99. The second kappa shape index (κ2) is 10.4. The standard InChI is InChI=1S/C13H21N5S.ClH/c1-2-3-4-9-19-11-7-5-10(6-8-11)17-13(16)18-12(14)15;/h5-8H,2-4,9H2,1H3,(H6,14,15,16,17,18);1H. The first-order valence-electron chi connectivity index (χ1n) is 6.28. The lowest BCUT2D eigenvalue weighted by Gasteiger charge is -2.02. The third kappa shape index (κ3) is 7.91. The molecule has 0 aliphatic heterocycles. The molecule has 0 aliphatic carbocycles. The maximum Gasteiger partial charge on any atom is 0.223 e. The third-order valence-corrected chi connectivity index (χ3v) is 3.44. The minimum absolute atomic E-state index is 0. The number of aliphatic imine (C=N–C) groups is 2. The number of rotatable bonds is 6. The van der Waals surface area contributed by atoms with Crippen LogP contribution in [0.4, 0.5) is 5.69 Å². The van der Waals surface area contributed by atoms with Gasteiger partial charge in [-0.1, -0.05) is 19.8 Å². The Morgan fingerprint density at radius 2 is 1.75 bits per heavy atom. The van der Waals surface area contributed by atoms with Crippen LogP contribution in [0.2, 0.25) is 0 Å². The lowest BCUT2D eigenvalue weighted by molar-refractivity contribution is 0.778. The summed E-state index contributed by atoms with van der Waals surface area (Å²) in [6.07, 6.45) is 3.78. The highest BCUT2D eigenvalue weighted by atomic mass is 35.5. The van der Waals surface area contributed by atoms with Crippen molar-refractivity contribution in [2.75, 3.05) is 5.75 Å². The van der Waals surface area contributed by atoms with Crippen LogP contribution in [-0.2, 0) is 0 Å². The van der Waals surface area contributed by atoms with Crippen molar-refractivity contribution < 1.29 is 0 Å². The molecule has 0 saturated carbocycles. The van der Waals surface area contributed by atoms with Crippen LogP contribution in [0.25, 0.3) is 0 Å². The molecule has 0 radical (unpaired) electrons. The van der Waals surface area contributed by atoms with Crippen LogP contribution in [0.15, 0.2) is 39.1 Å². The van der Waals surface area contributed by atoms with Gasteiger partial charge in [0, 0.05) is 4.90 Å². The average Bonchev–Trinajstić information content (AvgIpc) is 2.35. The van der Waals surface area contributed by atoms with Gasteiger partial charge < -0.3 is 17.2 Å². The maximum absolute atomic E-state index is 5.56. The molecule has 0 atom stereocenters.